The second-order valence-electron chi connectivity index (χ2n) is 5.70. The van der Waals surface area contributed by atoms with Crippen molar-refractivity contribution < 1.29 is 13.9 Å². The first kappa shape index (κ1) is 17.8. The van der Waals surface area contributed by atoms with E-state index in [1.54, 1.807) is 19.1 Å². The van der Waals surface area contributed by atoms with Crippen LogP contribution in [0.15, 0.2) is 28.8 Å². The molecule has 2 heterocycles. The Labute approximate surface area is 155 Å². The van der Waals surface area contributed by atoms with Gasteiger partial charge in [-0.05, 0) is 30.7 Å². The van der Waals surface area contributed by atoms with Gasteiger partial charge in [0.05, 0.1) is 41.0 Å². The summed E-state index contributed by atoms with van der Waals surface area (Å²) in [4.78, 5) is 17.0. The minimum Gasteiger partial charge on any atom is -0.491 e. The van der Waals surface area contributed by atoms with Crippen LogP contribution in [0.1, 0.15) is 34.3 Å². The van der Waals surface area contributed by atoms with Crippen molar-refractivity contribution in [3.8, 4) is 11.8 Å². The van der Waals surface area contributed by atoms with Crippen LogP contribution in [0.5, 0.6) is 5.75 Å². The van der Waals surface area contributed by atoms with Crippen LogP contribution in [0.4, 0.5) is 5.69 Å². The fourth-order valence-electron chi connectivity index (χ4n) is 2.69. The molecule has 1 N–H and O–H groups in total. The summed E-state index contributed by atoms with van der Waals surface area (Å²) in [5.74, 6) is 0.771. The Kier molecular flexibility index (Phi) is 4.83. The van der Waals surface area contributed by atoms with E-state index in [0.29, 0.717) is 45.0 Å². The van der Waals surface area contributed by atoms with Crippen molar-refractivity contribution in [2.24, 2.45) is 0 Å². The van der Waals surface area contributed by atoms with Crippen LogP contribution in [-0.4, -0.2) is 18.0 Å². The molecule has 6 nitrogen and oxygen atoms in total. The number of methoxy groups -OCH3 is 1. The Morgan fingerprint density at radius 2 is 2.19 bits per heavy atom. The molecule has 2 aromatic heterocycles. The van der Waals surface area contributed by atoms with Crippen molar-refractivity contribution in [3.63, 3.8) is 0 Å². The molecule has 132 valence electrons. The highest BCUT2D eigenvalue weighted by Gasteiger charge is 2.20. The summed E-state index contributed by atoms with van der Waals surface area (Å²) < 4.78 is 11.0. The second-order valence-corrected chi connectivity index (χ2v) is 6.11. The molecule has 0 saturated carbocycles. The molecular formula is C19H16ClN3O3. The number of anilines is 1. The van der Waals surface area contributed by atoms with E-state index in [0.717, 1.165) is 5.76 Å². The Morgan fingerprint density at radius 3 is 2.81 bits per heavy atom. The average Bonchev–Trinajstić information content (AvgIpc) is 3.07. The van der Waals surface area contributed by atoms with Gasteiger partial charge in [-0.1, -0.05) is 18.5 Å². The largest absolute Gasteiger partial charge is 0.491 e. The highest BCUT2D eigenvalue weighted by atomic mass is 35.5. The summed E-state index contributed by atoms with van der Waals surface area (Å²) in [7, 11) is 1.52. The van der Waals surface area contributed by atoms with Crippen LogP contribution in [-0.2, 0) is 6.42 Å². The van der Waals surface area contributed by atoms with Gasteiger partial charge in [-0.2, -0.15) is 5.26 Å². The zero-order valence-electron chi connectivity index (χ0n) is 14.5. The highest BCUT2D eigenvalue weighted by molar-refractivity contribution is 6.34. The molecular weight excluding hydrogens is 354 g/mol. The third kappa shape index (κ3) is 3.09. The maximum Gasteiger partial charge on any atom is 0.275 e. The molecule has 1 amide bonds. The number of nitrogens with zero attached hydrogens (tertiary/aromatic N) is 2. The van der Waals surface area contributed by atoms with Crippen molar-refractivity contribution in [2.45, 2.75) is 20.3 Å². The molecule has 7 heteroatoms. The molecule has 0 atom stereocenters. The molecule has 3 rings (SSSR count). The fraction of sp³-hybridized carbons (Fsp3) is 0.211. The van der Waals surface area contributed by atoms with Crippen LogP contribution in [0.25, 0.3) is 11.0 Å². The molecule has 0 aliphatic heterocycles. The molecule has 0 unspecified atom stereocenters. The zero-order valence-corrected chi connectivity index (χ0v) is 15.3. The number of rotatable bonds is 4. The van der Waals surface area contributed by atoms with Gasteiger partial charge in [0.2, 0.25) is 0 Å². The Morgan fingerprint density at radius 1 is 1.42 bits per heavy atom. The molecule has 0 aliphatic carbocycles. The predicted molar refractivity (Wildman–Crippen MR) is 98.8 cm³/mol. The van der Waals surface area contributed by atoms with Crippen molar-refractivity contribution >= 4 is 34.2 Å². The quantitative estimate of drug-likeness (QED) is 0.732. The van der Waals surface area contributed by atoms with Gasteiger partial charge in [-0.25, -0.2) is 4.98 Å². The molecule has 0 radical (unpaired) electrons. The lowest BCUT2D eigenvalue weighted by Gasteiger charge is -2.11. The number of ether oxygens (including phenoxy) is 1. The fourth-order valence-corrected chi connectivity index (χ4v) is 3.01. The summed E-state index contributed by atoms with van der Waals surface area (Å²) in [6.45, 7) is 3.73. The van der Waals surface area contributed by atoms with E-state index >= 15 is 0 Å². The lowest BCUT2D eigenvalue weighted by atomic mass is 10.1. The summed E-state index contributed by atoms with van der Waals surface area (Å²) in [6.07, 6.45) is 2.13. The van der Waals surface area contributed by atoms with Crippen molar-refractivity contribution in [2.75, 3.05) is 12.4 Å². The summed E-state index contributed by atoms with van der Waals surface area (Å²) >= 11 is 6.21. The first-order valence-electron chi connectivity index (χ1n) is 7.95. The van der Waals surface area contributed by atoms with Gasteiger partial charge in [0, 0.05) is 6.42 Å². The summed E-state index contributed by atoms with van der Waals surface area (Å²) in [5.41, 5.74) is 2.25. The predicted octanol–water partition coefficient (Wildman–Crippen LogP) is 4.48. The molecule has 0 aliphatic rings. The standard InChI is InChI=1S/C19H16ClN3O3/c1-4-12-7-13-17(22-9-15(25-3)18(13)26-12)19(24)23-16-10(2)5-11(8-21)6-14(16)20/h5-7,9H,4H2,1-3H3,(H,23,24). The van der Waals surface area contributed by atoms with Crippen LogP contribution >= 0.6 is 11.6 Å². The summed E-state index contributed by atoms with van der Waals surface area (Å²) in [5, 5.41) is 12.6. The molecule has 0 bridgehead atoms. The molecule has 26 heavy (non-hydrogen) atoms. The summed E-state index contributed by atoms with van der Waals surface area (Å²) in [6, 6.07) is 6.98. The number of aryl methyl sites for hydroxylation is 2. The van der Waals surface area contributed by atoms with Crippen LogP contribution in [0, 0.1) is 18.3 Å². The minimum atomic E-state index is -0.421. The molecule has 3 aromatic rings. The number of carbonyl (C=O) groups is 1. The maximum atomic E-state index is 12.8. The smallest absolute Gasteiger partial charge is 0.275 e. The first-order chi connectivity index (χ1) is 12.5. The number of nitrogens with one attached hydrogen (secondary N) is 1. The third-order valence-electron chi connectivity index (χ3n) is 4.01. The maximum absolute atomic E-state index is 12.8. The lowest BCUT2D eigenvalue weighted by Crippen LogP contribution is -2.15. The van der Waals surface area contributed by atoms with E-state index in [1.807, 2.05) is 13.0 Å². The second kappa shape index (κ2) is 7.06. The monoisotopic (exact) mass is 369 g/mol. The van der Waals surface area contributed by atoms with Crippen LogP contribution in [0.3, 0.4) is 0 Å². The topological polar surface area (TPSA) is 88.2 Å². The van der Waals surface area contributed by atoms with Crippen LogP contribution < -0.4 is 10.1 Å². The number of carbonyl (C=O) groups excluding carboxylic acids is 1. The Bertz CT molecular complexity index is 1030. The number of aromatic nitrogens is 1. The van der Waals surface area contributed by atoms with E-state index < -0.39 is 5.91 Å². The zero-order chi connectivity index (χ0) is 18.8. The third-order valence-corrected chi connectivity index (χ3v) is 4.31. The Hall–Kier alpha value is -3.04. The van der Waals surface area contributed by atoms with Crippen molar-refractivity contribution in [3.05, 3.63) is 52.0 Å². The normalized spacial score (nSPS) is 10.6. The van der Waals surface area contributed by atoms with Gasteiger partial charge in [0.15, 0.2) is 11.3 Å². The van der Waals surface area contributed by atoms with Gasteiger partial charge < -0.3 is 14.5 Å². The lowest BCUT2D eigenvalue weighted by molar-refractivity contribution is 0.102. The van der Waals surface area contributed by atoms with E-state index in [-0.39, 0.29) is 5.69 Å². The number of hydrogen-bond acceptors (Lipinski definition) is 5. The number of amides is 1. The number of furan rings is 1. The van der Waals surface area contributed by atoms with E-state index in [9.17, 15) is 4.79 Å². The highest BCUT2D eigenvalue weighted by Crippen LogP contribution is 2.32. The average molecular weight is 370 g/mol. The van der Waals surface area contributed by atoms with Crippen molar-refractivity contribution in [1.82, 2.24) is 4.98 Å². The number of halogens is 1. The van der Waals surface area contributed by atoms with Gasteiger partial charge in [-0.15, -0.1) is 0 Å². The number of hydrogen-bond donors (Lipinski definition) is 1. The van der Waals surface area contributed by atoms with Crippen LogP contribution in [0.2, 0.25) is 5.02 Å². The SMILES string of the molecule is CCc1cc2c(C(=O)Nc3c(C)cc(C#N)cc3Cl)ncc(OC)c2o1. The minimum absolute atomic E-state index is 0.212. The Balaban J connectivity index is 2.04. The number of benzene rings is 1. The van der Waals surface area contributed by atoms with Gasteiger partial charge >= 0.3 is 0 Å². The molecule has 0 fully saturated rings. The number of nitriles is 1. The number of fused-ring (bicyclic) bond motifs is 1. The van der Waals surface area contributed by atoms with E-state index in [2.05, 4.69) is 10.3 Å². The van der Waals surface area contributed by atoms with E-state index in [4.69, 9.17) is 26.0 Å². The molecule has 0 saturated heterocycles. The first-order valence-corrected chi connectivity index (χ1v) is 8.33. The van der Waals surface area contributed by atoms with Gasteiger partial charge in [0.25, 0.3) is 5.91 Å². The number of pyridine rings is 1. The van der Waals surface area contributed by atoms with E-state index in [1.165, 1.54) is 19.4 Å². The molecule has 1 aromatic carbocycles. The van der Waals surface area contributed by atoms with Crippen molar-refractivity contribution in [1.29, 1.82) is 5.26 Å². The van der Waals surface area contributed by atoms with Gasteiger partial charge in [-0.3, -0.25) is 4.79 Å². The molecule has 0 spiro atoms. The van der Waals surface area contributed by atoms with Gasteiger partial charge in [0.1, 0.15) is 11.5 Å².